The highest BCUT2D eigenvalue weighted by atomic mass is 16.5. The zero-order valence-electron chi connectivity index (χ0n) is 15.8. The van der Waals surface area contributed by atoms with Crippen LogP contribution in [0.25, 0.3) is 0 Å². The third kappa shape index (κ3) is 4.35. The molecule has 0 saturated carbocycles. The minimum absolute atomic E-state index is 0.0354. The van der Waals surface area contributed by atoms with Gasteiger partial charge >= 0.3 is 0 Å². The minimum atomic E-state index is 0.0354. The van der Waals surface area contributed by atoms with Crippen LogP contribution in [0.3, 0.4) is 0 Å². The van der Waals surface area contributed by atoms with Gasteiger partial charge in [0.25, 0.3) is 5.91 Å². The van der Waals surface area contributed by atoms with Gasteiger partial charge in [0.1, 0.15) is 5.75 Å². The molecule has 2 aromatic rings. The van der Waals surface area contributed by atoms with E-state index in [4.69, 9.17) is 4.74 Å². The van der Waals surface area contributed by atoms with E-state index < -0.39 is 0 Å². The maximum atomic E-state index is 12.5. The molecule has 1 fully saturated rings. The van der Waals surface area contributed by atoms with E-state index in [1.54, 1.807) is 7.11 Å². The van der Waals surface area contributed by atoms with Crippen molar-refractivity contribution in [1.29, 1.82) is 0 Å². The van der Waals surface area contributed by atoms with Gasteiger partial charge in [-0.2, -0.15) is 0 Å². The normalized spacial score (nSPS) is 15.0. The highest BCUT2D eigenvalue weighted by molar-refractivity contribution is 5.93. The molecule has 1 saturated heterocycles. The molecule has 1 heterocycles. The molecule has 0 spiro atoms. The number of rotatable bonds is 5. The Hall–Kier alpha value is -2.53. The van der Waals surface area contributed by atoms with Gasteiger partial charge in [0.2, 0.25) is 0 Å². The summed E-state index contributed by atoms with van der Waals surface area (Å²) in [4.78, 5) is 16.2. The first-order valence-electron chi connectivity index (χ1n) is 9.15. The van der Waals surface area contributed by atoms with Crippen LogP contribution < -0.4 is 19.9 Å². The molecule has 3 rings (SSSR count). The van der Waals surface area contributed by atoms with Crippen LogP contribution in [0.15, 0.2) is 42.5 Å². The number of para-hydroxylation sites is 1. The van der Waals surface area contributed by atoms with Gasteiger partial charge in [0, 0.05) is 5.69 Å². The topological polar surface area (TPSA) is 46.0 Å². The molecule has 1 aliphatic heterocycles. The quantitative estimate of drug-likeness (QED) is 0.858. The van der Waals surface area contributed by atoms with E-state index in [1.807, 2.05) is 25.1 Å². The number of aryl methyl sites for hydroxylation is 2. The molecule has 1 amide bonds. The number of anilines is 2. The lowest BCUT2D eigenvalue weighted by molar-refractivity contribution is -0.892. The van der Waals surface area contributed by atoms with Crippen LogP contribution in [-0.4, -0.2) is 45.7 Å². The lowest BCUT2D eigenvalue weighted by atomic mass is 10.1. The van der Waals surface area contributed by atoms with Gasteiger partial charge in [-0.1, -0.05) is 24.3 Å². The predicted octanol–water partition coefficient (Wildman–Crippen LogP) is 1.66. The first-order valence-corrected chi connectivity index (χ1v) is 9.15. The standard InChI is InChI=1S/C21H27N3O2/c1-16-8-9-20(26-3)18(14-16)22-21(25)15-23-10-12-24(13-11-23)19-7-5-4-6-17(19)2/h4-9,14H,10-13,15H2,1-3H3,(H,22,25)/p+1. The maximum absolute atomic E-state index is 12.5. The minimum Gasteiger partial charge on any atom is -0.495 e. The number of amides is 1. The molecule has 0 aromatic heterocycles. The average molecular weight is 354 g/mol. The SMILES string of the molecule is COc1ccc(C)cc1NC(=O)C[NH+]1CCN(c2ccccc2C)CC1. The molecule has 138 valence electrons. The van der Waals surface area contributed by atoms with Gasteiger partial charge in [0.05, 0.1) is 39.0 Å². The Morgan fingerprint density at radius 3 is 2.58 bits per heavy atom. The number of nitrogens with zero attached hydrogens (tertiary/aromatic N) is 1. The van der Waals surface area contributed by atoms with Crippen molar-refractivity contribution in [3.05, 3.63) is 53.6 Å². The molecule has 0 unspecified atom stereocenters. The number of benzene rings is 2. The van der Waals surface area contributed by atoms with Crippen molar-refractivity contribution >= 4 is 17.3 Å². The van der Waals surface area contributed by atoms with Crippen LogP contribution in [0.2, 0.25) is 0 Å². The van der Waals surface area contributed by atoms with E-state index >= 15 is 0 Å². The zero-order chi connectivity index (χ0) is 18.5. The van der Waals surface area contributed by atoms with Crippen LogP contribution in [0, 0.1) is 13.8 Å². The molecular formula is C21H28N3O2+. The van der Waals surface area contributed by atoms with Crippen LogP contribution in [0.4, 0.5) is 11.4 Å². The van der Waals surface area contributed by atoms with E-state index in [2.05, 4.69) is 41.4 Å². The molecular weight excluding hydrogens is 326 g/mol. The highest BCUT2D eigenvalue weighted by Crippen LogP contribution is 2.25. The zero-order valence-corrected chi connectivity index (χ0v) is 15.8. The smallest absolute Gasteiger partial charge is 0.279 e. The maximum Gasteiger partial charge on any atom is 0.279 e. The van der Waals surface area contributed by atoms with Gasteiger partial charge in [-0.3, -0.25) is 4.79 Å². The molecule has 0 radical (unpaired) electrons. The third-order valence-electron chi connectivity index (χ3n) is 4.97. The monoisotopic (exact) mass is 354 g/mol. The second kappa shape index (κ2) is 8.23. The second-order valence-electron chi connectivity index (χ2n) is 6.95. The number of methoxy groups -OCH3 is 1. The lowest BCUT2D eigenvalue weighted by Crippen LogP contribution is -3.15. The van der Waals surface area contributed by atoms with E-state index in [9.17, 15) is 4.79 Å². The summed E-state index contributed by atoms with van der Waals surface area (Å²) in [7, 11) is 1.62. The Kier molecular flexibility index (Phi) is 5.78. The Morgan fingerprint density at radius 2 is 1.88 bits per heavy atom. The van der Waals surface area contributed by atoms with Crippen molar-refractivity contribution in [1.82, 2.24) is 0 Å². The van der Waals surface area contributed by atoms with Crippen molar-refractivity contribution in [3.8, 4) is 5.75 Å². The number of hydrogen-bond acceptors (Lipinski definition) is 3. The van der Waals surface area contributed by atoms with Gasteiger partial charge in [-0.15, -0.1) is 0 Å². The van der Waals surface area contributed by atoms with E-state index in [1.165, 1.54) is 16.2 Å². The summed E-state index contributed by atoms with van der Waals surface area (Å²) in [5, 5.41) is 3.00. The van der Waals surface area contributed by atoms with Crippen molar-refractivity contribution in [2.75, 3.05) is 50.1 Å². The summed E-state index contributed by atoms with van der Waals surface area (Å²) < 4.78 is 5.34. The first kappa shape index (κ1) is 18.3. The number of piperazine rings is 1. The third-order valence-corrected chi connectivity index (χ3v) is 4.97. The van der Waals surface area contributed by atoms with Gasteiger partial charge in [0.15, 0.2) is 6.54 Å². The molecule has 2 N–H and O–H groups in total. The highest BCUT2D eigenvalue weighted by Gasteiger charge is 2.23. The molecule has 1 aliphatic rings. The molecule has 0 atom stereocenters. The second-order valence-corrected chi connectivity index (χ2v) is 6.95. The number of hydrogen-bond donors (Lipinski definition) is 2. The Morgan fingerprint density at radius 1 is 1.15 bits per heavy atom. The van der Waals surface area contributed by atoms with Crippen molar-refractivity contribution in [3.63, 3.8) is 0 Å². The Balaban J connectivity index is 1.54. The summed E-state index contributed by atoms with van der Waals surface area (Å²) in [5.74, 6) is 0.733. The van der Waals surface area contributed by atoms with Crippen molar-refractivity contribution in [2.24, 2.45) is 0 Å². The number of nitrogens with one attached hydrogen (secondary N) is 2. The molecule has 5 nitrogen and oxygen atoms in total. The fourth-order valence-corrected chi connectivity index (χ4v) is 3.50. The van der Waals surface area contributed by atoms with E-state index in [-0.39, 0.29) is 5.91 Å². The van der Waals surface area contributed by atoms with Gasteiger partial charge in [-0.05, 0) is 43.2 Å². The number of carbonyl (C=O) groups is 1. The van der Waals surface area contributed by atoms with Crippen LogP contribution in [0.1, 0.15) is 11.1 Å². The average Bonchev–Trinajstić information content (AvgIpc) is 2.63. The summed E-state index contributed by atoms with van der Waals surface area (Å²) in [6.45, 7) is 8.52. The number of quaternary nitrogens is 1. The van der Waals surface area contributed by atoms with Crippen molar-refractivity contribution < 1.29 is 14.4 Å². The fraction of sp³-hybridized carbons (Fsp3) is 0.381. The lowest BCUT2D eigenvalue weighted by Gasteiger charge is -2.34. The summed E-state index contributed by atoms with van der Waals surface area (Å²) >= 11 is 0. The van der Waals surface area contributed by atoms with E-state index in [0.717, 1.165) is 37.4 Å². The largest absolute Gasteiger partial charge is 0.495 e. The molecule has 2 aromatic carbocycles. The number of ether oxygens (including phenoxy) is 1. The predicted molar refractivity (Wildman–Crippen MR) is 105 cm³/mol. The van der Waals surface area contributed by atoms with Crippen LogP contribution >= 0.6 is 0 Å². The summed E-state index contributed by atoms with van der Waals surface area (Å²) in [6.07, 6.45) is 0. The Labute approximate surface area is 155 Å². The molecule has 5 heteroatoms. The summed E-state index contributed by atoms with van der Waals surface area (Å²) in [5.41, 5.74) is 4.46. The van der Waals surface area contributed by atoms with Crippen LogP contribution in [-0.2, 0) is 4.79 Å². The first-order chi connectivity index (χ1) is 12.6. The van der Waals surface area contributed by atoms with Gasteiger partial charge in [-0.25, -0.2) is 0 Å². The molecule has 0 aliphatic carbocycles. The molecule has 26 heavy (non-hydrogen) atoms. The van der Waals surface area contributed by atoms with Gasteiger partial charge < -0.3 is 19.9 Å². The number of carbonyl (C=O) groups excluding carboxylic acids is 1. The molecule has 0 bridgehead atoms. The van der Waals surface area contributed by atoms with E-state index in [0.29, 0.717) is 12.3 Å². The van der Waals surface area contributed by atoms with Crippen molar-refractivity contribution in [2.45, 2.75) is 13.8 Å². The fourth-order valence-electron chi connectivity index (χ4n) is 3.50. The van der Waals surface area contributed by atoms with Crippen LogP contribution in [0.5, 0.6) is 5.75 Å². The Bertz CT molecular complexity index is 768. The summed E-state index contributed by atoms with van der Waals surface area (Å²) in [6, 6.07) is 14.3.